The number of nitrogens with zero attached hydrogens (tertiary/aromatic N) is 3. The number of para-hydroxylation sites is 2. The van der Waals surface area contributed by atoms with Crippen LogP contribution in [0.2, 0.25) is 0 Å². The molecule has 0 amide bonds. The summed E-state index contributed by atoms with van der Waals surface area (Å²) >= 11 is 0. The second-order valence-electron chi connectivity index (χ2n) is 7.43. The molecule has 0 radical (unpaired) electrons. The van der Waals surface area contributed by atoms with Crippen LogP contribution < -0.4 is 21.9 Å². The highest BCUT2D eigenvalue weighted by Crippen LogP contribution is 2.41. The van der Waals surface area contributed by atoms with Gasteiger partial charge in [0.1, 0.15) is 17.3 Å². The lowest BCUT2D eigenvalue weighted by molar-refractivity contribution is 0.0845. The fourth-order valence-corrected chi connectivity index (χ4v) is 3.92. The van der Waals surface area contributed by atoms with Gasteiger partial charge in [-0.2, -0.15) is 0 Å². The van der Waals surface area contributed by atoms with Crippen molar-refractivity contribution >= 4 is 23.2 Å². The fraction of sp³-hybridized carbons (Fsp3) is 0.227. The molecule has 2 aliphatic heterocycles. The zero-order chi connectivity index (χ0) is 20.7. The van der Waals surface area contributed by atoms with Gasteiger partial charge in [-0.1, -0.05) is 12.1 Å². The normalized spacial score (nSPS) is 16.1. The fourth-order valence-electron chi connectivity index (χ4n) is 3.92. The highest BCUT2D eigenvalue weighted by Gasteiger charge is 2.22. The molecule has 3 heterocycles. The van der Waals surface area contributed by atoms with Crippen LogP contribution in [-0.2, 0) is 4.74 Å². The van der Waals surface area contributed by atoms with Gasteiger partial charge < -0.3 is 26.7 Å². The Bertz CT molecular complexity index is 1150. The number of nitrogen functional groups attached to an aromatic ring is 2. The van der Waals surface area contributed by atoms with Crippen LogP contribution in [0.1, 0.15) is 30.0 Å². The maximum absolute atomic E-state index is 6.36. The molecule has 0 unspecified atom stereocenters. The van der Waals surface area contributed by atoms with E-state index in [-0.39, 0.29) is 5.95 Å². The molecule has 0 saturated carbocycles. The summed E-state index contributed by atoms with van der Waals surface area (Å²) in [6, 6.07) is 13.1. The van der Waals surface area contributed by atoms with Crippen molar-refractivity contribution in [2.45, 2.75) is 18.8 Å². The van der Waals surface area contributed by atoms with E-state index in [1.54, 1.807) is 0 Å². The highest BCUT2D eigenvalue weighted by atomic mass is 16.5. The van der Waals surface area contributed by atoms with Crippen LogP contribution >= 0.6 is 0 Å². The van der Waals surface area contributed by atoms with Gasteiger partial charge in [0.05, 0.1) is 11.3 Å². The van der Waals surface area contributed by atoms with Crippen LogP contribution in [0.25, 0.3) is 11.3 Å². The summed E-state index contributed by atoms with van der Waals surface area (Å²) < 4.78 is 11.6. The van der Waals surface area contributed by atoms with Crippen LogP contribution in [0, 0.1) is 0 Å². The van der Waals surface area contributed by atoms with E-state index in [2.05, 4.69) is 15.0 Å². The number of fused-ring (bicyclic) bond motifs is 2. The Morgan fingerprint density at radius 1 is 0.900 bits per heavy atom. The van der Waals surface area contributed by atoms with E-state index < -0.39 is 0 Å². The third-order valence-corrected chi connectivity index (χ3v) is 5.41. The van der Waals surface area contributed by atoms with Crippen molar-refractivity contribution in [3.8, 4) is 22.8 Å². The van der Waals surface area contributed by atoms with Crippen molar-refractivity contribution in [3.05, 3.63) is 53.7 Å². The lowest BCUT2D eigenvalue weighted by Gasteiger charge is -2.22. The monoisotopic (exact) mass is 402 g/mol. The zero-order valence-electron chi connectivity index (χ0n) is 16.3. The number of hydrogen-bond donors (Lipinski definition) is 3. The molecule has 2 aliphatic rings. The first-order valence-electron chi connectivity index (χ1n) is 9.86. The summed E-state index contributed by atoms with van der Waals surface area (Å²) in [7, 11) is 0. The summed E-state index contributed by atoms with van der Waals surface area (Å²) in [5.74, 6) is 1.98. The number of hydrogen-bond acceptors (Lipinski definition) is 8. The molecule has 1 fully saturated rings. The predicted molar refractivity (Wildman–Crippen MR) is 116 cm³/mol. The van der Waals surface area contributed by atoms with Gasteiger partial charge in [0.2, 0.25) is 5.95 Å². The van der Waals surface area contributed by atoms with Gasteiger partial charge in [0.15, 0.2) is 5.75 Å². The quantitative estimate of drug-likeness (QED) is 0.559. The van der Waals surface area contributed by atoms with Crippen LogP contribution in [0.5, 0.6) is 11.5 Å². The summed E-state index contributed by atoms with van der Waals surface area (Å²) in [5.41, 5.74) is 22.7. The number of amidine groups is 1. The molecule has 30 heavy (non-hydrogen) atoms. The molecule has 8 heteroatoms. The van der Waals surface area contributed by atoms with Crippen molar-refractivity contribution in [1.82, 2.24) is 9.97 Å². The first kappa shape index (κ1) is 18.4. The smallest absolute Gasteiger partial charge is 0.220 e. The molecule has 0 aliphatic carbocycles. The topological polar surface area (TPSA) is 135 Å². The third kappa shape index (κ3) is 3.31. The van der Waals surface area contributed by atoms with Crippen LogP contribution in [0.15, 0.2) is 47.5 Å². The van der Waals surface area contributed by atoms with Crippen molar-refractivity contribution in [2.75, 3.05) is 24.7 Å². The summed E-state index contributed by atoms with van der Waals surface area (Å²) in [6.45, 7) is 1.45. The molecule has 8 nitrogen and oxygen atoms in total. The van der Waals surface area contributed by atoms with Gasteiger partial charge in [-0.05, 0) is 43.2 Å². The van der Waals surface area contributed by atoms with E-state index in [0.29, 0.717) is 45.9 Å². The van der Waals surface area contributed by atoms with E-state index in [0.717, 1.165) is 37.3 Å². The van der Waals surface area contributed by atoms with E-state index in [9.17, 15) is 0 Å². The predicted octanol–water partition coefficient (Wildman–Crippen LogP) is 3.34. The van der Waals surface area contributed by atoms with Gasteiger partial charge in [-0.3, -0.25) is 0 Å². The number of benzene rings is 2. The molecule has 0 spiro atoms. The summed E-state index contributed by atoms with van der Waals surface area (Å²) in [4.78, 5) is 13.4. The SMILES string of the molecule is NC1=Nc2ccccc2Oc2cc(-c3cc(C4CCOCC4)nc(N)n3)cc(N)c21. The molecule has 2 aromatic carbocycles. The van der Waals surface area contributed by atoms with Gasteiger partial charge >= 0.3 is 0 Å². The molecular formula is C22H22N6O2. The van der Waals surface area contributed by atoms with Gasteiger partial charge in [0, 0.05) is 36.1 Å². The lowest BCUT2D eigenvalue weighted by atomic mass is 9.95. The van der Waals surface area contributed by atoms with E-state index in [1.165, 1.54) is 0 Å². The van der Waals surface area contributed by atoms with Crippen LogP contribution in [0.3, 0.4) is 0 Å². The minimum atomic E-state index is 0.231. The van der Waals surface area contributed by atoms with Crippen LogP contribution in [0.4, 0.5) is 17.3 Å². The van der Waals surface area contributed by atoms with Crippen LogP contribution in [-0.4, -0.2) is 29.0 Å². The minimum absolute atomic E-state index is 0.231. The Kier molecular flexibility index (Phi) is 4.48. The number of aliphatic imine (C=N–C) groups is 1. The second-order valence-corrected chi connectivity index (χ2v) is 7.43. The Morgan fingerprint density at radius 2 is 1.70 bits per heavy atom. The van der Waals surface area contributed by atoms with E-state index in [4.69, 9.17) is 26.7 Å². The Balaban J connectivity index is 1.60. The van der Waals surface area contributed by atoms with Crippen molar-refractivity contribution in [3.63, 3.8) is 0 Å². The first-order chi connectivity index (χ1) is 14.6. The molecule has 0 atom stereocenters. The number of anilines is 2. The third-order valence-electron chi connectivity index (χ3n) is 5.41. The molecule has 3 aromatic rings. The lowest BCUT2D eigenvalue weighted by Crippen LogP contribution is -2.16. The number of rotatable bonds is 2. The average Bonchev–Trinajstić information content (AvgIpc) is 2.89. The highest BCUT2D eigenvalue weighted by molar-refractivity contribution is 6.07. The number of nitrogens with two attached hydrogens (primary N) is 3. The van der Waals surface area contributed by atoms with Gasteiger partial charge in [-0.15, -0.1) is 0 Å². The Hall–Kier alpha value is -3.65. The standard InChI is InChI=1S/C22H22N6O2/c23-14-9-13(17-11-16(27-22(25)28-17)12-5-7-29-8-6-12)10-19-20(14)21(24)26-15-3-1-2-4-18(15)30-19/h1-4,9-12H,5-8,23H2,(H2,24,26)(H2,25,27,28). The van der Waals surface area contributed by atoms with Crippen molar-refractivity contribution < 1.29 is 9.47 Å². The van der Waals surface area contributed by atoms with Gasteiger partial charge in [0.25, 0.3) is 0 Å². The van der Waals surface area contributed by atoms with E-state index in [1.807, 2.05) is 42.5 Å². The van der Waals surface area contributed by atoms with Gasteiger partial charge in [-0.25, -0.2) is 15.0 Å². The van der Waals surface area contributed by atoms with Crippen molar-refractivity contribution in [2.24, 2.45) is 10.7 Å². The molecule has 1 saturated heterocycles. The largest absolute Gasteiger partial charge is 0.454 e. The molecule has 5 rings (SSSR count). The molecular weight excluding hydrogens is 380 g/mol. The first-order valence-corrected chi connectivity index (χ1v) is 9.86. The molecule has 1 aromatic heterocycles. The number of aromatic nitrogens is 2. The molecule has 0 bridgehead atoms. The molecule has 152 valence electrons. The summed E-state index contributed by atoms with van der Waals surface area (Å²) in [5, 5.41) is 0. The average molecular weight is 402 g/mol. The number of ether oxygens (including phenoxy) is 2. The Labute approximate surface area is 173 Å². The zero-order valence-corrected chi connectivity index (χ0v) is 16.3. The van der Waals surface area contributed by atoms with Crippen molar-refractivity contribution in [1.29, 1.82) is 0 Å². The maximum Gasteiger partial charge on any atom is 0.220 e. The maximum atomic E-state index is 6.36. The minimum Gasteiger partial charge on any atom is -0.454 e. The van der Waals surface area contributed by atoms with E-state index >= 15 is 0 Å². The second kappa shape index (κ2) is 7.31. The molecule has 6 N–H and O–H groups in total. The summed E-state index contributed by atoms with van der Waals surface area (Å²) in [6.07, 6.45) is 1.82. The Morgan fingerprint density at radius 3 is 2.53 bits per heavy atom.